The number of fused-ring (bicyclic) bond motifs is 1. The van der Waals surface area contributed by atoms with Gasteiger partial charge >= 0.3 is 5.97 Å². The quantitative estimate of drug-likeness (QED) is 0.689. The van der Waals surface area contributed by atoms with Crippen molar-refractivity contribution in [2.24, 2.45) is 11.3 Å². The van der Waals surface area contributed by atoms with Gasteiger partial charge in [-0.1, -0.05) is 0 Å². The molecule has 0 spiro atoms. The van der Waals surface area contributed by atoms with Crippen molar-refractivity contribution in [3.05, 3.63) is 18.5 Å². The van der Waals surface area contributed by atoms with E-state index in [2.05, 4.69) is 9.97 Å². The van der Waals surface area contributed by atoms with Gasteiger partial charge in [-0.3, -0.25) is 4.79 Å². The van der Waals surface area contributed by atoms with Crippen LogP contribution >= 0.6 is 0 Å². The summed E-state index contributed by atoms with van der Waals surface area (Å²) in [4.78, 5) is 23.6. The molecule has 0 bridgehead atoms. The first-order valence-electron chi connectivity index (χ1n) is 9.65. The summed E-state index contributed by atoms with van der Waals surface area (Å²) >= 11 is 0. The lowest BCUT2D eigenvalue weighted by Crippen LogP contribution is -2.44. The second-order valence-electron chi connectivity index (χ2n) is 7.71. The minimum atomic E-state index is -3.27. The van der Waals surface area contributed by atoms with Gasteiger partial charge in [0.1, 0.15) is 0 Å². The molecule has 3 fully saturated rings. The molecular formula is C18H26N4O4S. The number of nitrogens with zero attached hydrogens (tertiary/aromatic N) is 4. The molecule has 2 aliphatic heterocycles. The van der Waals surface area contributed by atoms with Crippen LogP contribution in [0, 0.1) is 11.3 Å². The number of rotatable bonds is 5. The monoisotopic (exact) mass is 394 g/mol. The predicted molar refractivity (Wildman–Crippen MR) is 99.5 cm³/mol. The Hall–Kier alpha value is -1.74. The molecule has 9 heteroatoms. The molecule has 4 rings (SSSR count). The Kier molecular flexibility index (Phi) is 4.84. The lowest BCUT2D eigenvalue weighted by molar-refractivity contribution is -0.157. The zero-order chi connectivity index (χ0) is 19.1. The smallest absolute Gasteiger partial charge is 0.314 e. The Morgan fingerprint density at radius 3 is 2.70 bits per heavy atom. The van der Waals surface area contributed by atoms with Gasteiger partial charge in [-0.25, -0.2) is 22.7 Å². The summed E-state index contributed by atoms with van der Waals surface area (Å²) < 4.78 is 32.7. The number of hydrogen-bond donors (Lipinski definition) is 0. The molecule has 1 aromatic heterocycles. The van der Waals surface area contributed by atoms with E-state index in [4.69, 9.17) is 4.74 Å². The number of sulfonamides is 1. The molecule has 2 atom stereocenters. The molecule has 3 heterocycles. The van der Waals surface area contributed by atoms with Gasteiger partial charge in [0.15, 0.2) is 0 Å². The van der Waals surface area contributed by atoms with Crippen molar-refractivity contribution < 1.29 is 17.9 Å². The number of esters is 1. The van der Waals surface area contributed by atoms with Gasteiger partial charge in [0.2, 0.25) is 16.0 Å². The Balaban J connectivity index is 1.64. The summed E-state index contributed by atoms with van der Waals surface area (Å²) in [6, 6.07) is 1.75. The summed E-state index contributed by atoms with van der Waals surface area (Å²) in [5, 5.41) is -0.234. The molecule has 148 valence electrons. The summed E-state index contributed by atoms with van der Waals surface area (Å²) in [6.45, 7) is 3.99. The van der Waals surface area contributed by atoms with E-state index in [1.54, 1.807) is 29.7 Å². The summed E-state index contributed by atoms with van der Waals surface area (Å²) in [6.07, 6.45) is 6.13. The average molecular weight is 394 g/mol. The highest BCUT2D eigenvalue weighted by Gasteiger charge is 2.56. The zero-order valence-electron chi connectivity index (χ0n) is 15.6. The molecule has 0 aromatic carbocycles. The first-order valence-corrected chi connectivity index (χ1v) is 11.2. The van der Waals surface area contributed by atoms with Gasteiger partial charge in [-0.05, 0) is 38.7 Å². The van der Waals surface area contributed by atoms with E-state index in [0.717, 1.165) is 12.8 Å². The van der Waals surface area contributed by atoms with Crippen molar-refractivity contribution in [2.75, 3.05) is 37.7 Å². The van der Waals surface area contributed by atoms with Crippen molar-refractivity contribution in [3.63, 3.8) is 0 Å². The third kappa shape index (κ3) is 3.31. The number of ether oxygens (including phenoxy) is 1. The second-order valence-corrected chi connectivity index (χ2v) is 9.92. The third-order valence-electron chi connectivity index (χ3n) is 5.97. The molecule has 8 nitrogen and oxygen atoms in total. The highest BCUT2D eigenvalue weighted by atomic mass is 32.2. The Labute approximate surface area is 160 Å². The maximum Gasteiger partial charge on any atom is 0.314 e. The van der Waals surface area contributed by atoms with Crippen molar-refractivity contribution in [3.8, 4) is 0 Å². The van der Waals surface area contributed by atoms with Crippen molar-refractivity contribution in [2.45, 2.75) is 37.9 Å². The molecule has 1 aliphatic carbocycles. The van der Waals surface area contributed by atoms with E-state index >= 15 is 0 Å². The molecule has 2 saturated heterocycles. The fourth-order valence-corrected chi connectivity index (χ4v) is 6.35. The predicted octanol–water partition coefficient (Wildman–Crippen LogP) is 1.05. The van der Waals surface area contributed by atoms with Crippen LogP contribution in [0.3, 0.4) is 0 Å². The lowest BCUT2D eigenvalue weighted by Gasteiger charge is -2.31. The van der Waals surface area contributed by atoms with Crippen LogP contribution in [0.5, 0.6) is 0 Å². The molecule has 27 heavy (non-hydrogen) atoms. The highest BCUT2D eigenvalue weighted by molar-refractivity contribution is 7.90. The highest BCUT2D eigenvalue weighted by Crippen LogP contribution is 2.45. The van der Waals surface area contributed by atoms with Crippen LogP contribution in [0.2, 0.25) is 0 Å². The maximum atomic E-state index is 13.0. The van der Waals surface area contributed by atoms with E-state index in [0.29, 0.717) is 51.6 Å². The van der Waals surface area contributed by atoms with E-state index in [1.165, 1.54) is 0 Å². The molecule has 0 N–H and O–H groups in total. The molecule has 0 unspecified atom stereocenters. The van der Waals surface area contributed by atoms with Crippen LogP contribution in [0.25, 0.3) is 0 Å². The Morgan fingerprint density at radius 1 is 1.30 bits per heavy atom. The number of carbonyl (C=O) groups excluding carboxylic acids is 1. The van der Waals surface area contributed by atoms with Crippen LogP contribution < -0.4 is 4.90 Å². The van der Waals surface area contributed by atoms with Crippen molar-refractivity contribution in [1.82, 2.24) is 14.3 Å². The first kappa shape index (κ1) is 18.6. The van der Waals surface area contributed by atoms with Gasteiger partial charge in [0.25, 0.3) is 0 Å². The fraction of sp³-hybridized carbons (Fsp3) is 0.722. The molecule has 1 saturated carbocycles. The lowest BCUT2D eigenvalue weighted by atomic mass is 9.75. The SMILES string of the molecule is CCOC(=O)[C@]12CCCN(S(=O)(=O)C3CC3)C[C@H]1CN(c1ncccn1)C2. The minimum Gasteiger partial charge on any atom is -0.466 e. The number of carbonyl (C=O) groups is 1. The molecule has 0 amide bonds. The Morgan fingerprint density at radius 2 is 2.04 bits per heavy atom. The number of hydrogen-bond acceptors (Lipinski definition) is 7. The molecule has 3 aliphatic rings. The van der Waals surface area contributed by atoms with Crippen LogP contribution in [0.1, 0.15) is 32.6 Å². The molecule has 0 radical (unpaired) electrons. The number of aromatic nitrogens is 2. The van der Waals surface area contributed by atoms with Gasteiger partial charge < -0.3 is 9.64 Å². The summed E-state index contributed by atoms with van der Waals surface area (Å²) in [7, 11) is -3.27. The maximum absolute atomic E-state index is 13.0. The standard InChI is InChI=1S/C18H26N4O4S/c1-2-26-16(23)18-7-3-10-22(27(24,25)15-5-6-15)12-14(18)11-21(13-18)17-19-8-4-9-20-17/h4,8-9,14-15H,2-3,5-7,10-13H2,1H3/t14-,18+/m1/s1. The van der Waals surface area contributed by atoms with Crippen molar-refractivity contribution in [1.29, 1.82) is 0 Å². The fourth-order valence-electron chi connectivity index (χ4n) is 4.42. The molecule has 1 aromatic rings. The van der Waals surface area contributed by atoms with E-state index in [1.807, 2.05) is 4.90 Å². The van der Waals surface area contributed by atoms with E-state index in [9.17, 15) is 13.2 Å². The summed E-state index contributed by atoms with van der Waals surface area (Å²) in [5.41, 5.74) is -0.705. The minimum absolute atomic E-state index is 0.128. The first-order chi connectivity index (χ1) is 13.0. The average Bonchev–Trinajstić information content (AvgIpc) is 3.48. The third-order valence-corrected chi connectivity index (χ3v) is 8.34. The van der Waals surface area contributed by atoms with Gasteiger partial charge in [-0.2, -0.15) is 0 Å². The van der Waals surface area contributed by atoms with Crippen LogP contribution in [-0.4, -0.2) is 66.7 Å². The van der Waals surface area contributed by atoms with Crippen molar-refractivity contribution >= 4 is 21.9 Å². The largest absolute Gasteiger partial charge is 0.466 e. The number of anilines is 1. The van der Waals surface area contributed by atoms with Gasteiger partial charge in [-0.15, -0.1) is 0 Å². The van der Waals surface area contributed by atoms with Gasteiger partial charge in [0, 0.05) is 44.5 Å². The van der Waals surface area contributed by atoms with E-state index < -0.39 is 15.4 Å². The summed E-state index contributed by atoms with van der Waals surface area (Å²) in [5.74, 6) is 0.223. The van der Waals surface area contributed by atoms with Crippen LogP contribution in [0.4, 0.5) is 5.95 Å². The Bertz CT molecular complexity index is 799. The van der Waals surface area contributed by atoms with E-state index in [-0.39, 0.29) is 17.1 Å². The topological polar surface area (TPSA) is 92.7 Å². The second kappa shape index (κ2) is 7.01. The zero-order valence-corrected chi connectivity index (χ0v) is 16.4. The van der Waals surface area contributed by atoms with Gasteiger partial charge in [0.05, 0.1) is 17.3 Å². The van der Waals surface area contributed by atoms with Crippen LogP contribution in [0.15, 0.2) is 18.5 Å². The van der Waals surface area contributed by atoms with Crippen LogP contribution in [-0.2, 0) is 19.6 Å². The molecular weight excluding hydrogens is 368 g/mol. The normalized spacial score (nSPS) is 29.2.